The minimum Gasteiger partial charge on any atom is -0.293 e. The molecule has 4 nitrogen and oxygen atoms in total. The third-order valence-corrected chi connectivity index (χ3v) is 5.29. The van der Waals surface area contributed by atoms with Gasteiger partial charge < -0.3 is 0 Å². The Morgan fingerprint density at radius 3 is 2.58 bits per heavy atom. The number of H-pyrrole nitrogens is 1. The second-order valence-electron chi connectivity index (χ2n) is 5.05. The van der Waals surface area contributed by atoms with Gasteiger partial charge >= 0.3 is 0 Å². The summed E-state index contributed by atoms with van der Waals surface area (Å²) in [5.41, 5.74) is 0.683. The second-order valence-corrected chi connectivity index (χ2v) is 7.65. The molecule has 0 aliphatic carbocycles. The maximum absolute atomic E-state index is 13.6. The predicted octanol–water partition coefficient (Wildman–Crippen LogP) is 6.20. The molecule has 0 amide bonds. The van der Waals surface area contributed by atoms with Crippen molar-refractivity contribution in [3.05, 3.63) is 61.8 Å². The second kappa shape index (κ2) is 8.15. The molecule has 3 aromatic rings. The number of carbonyl (C=O) groups excluding carboxylic acids is 1. The lowest BCUT2D eigenvalue weighted by atomic mass is 10.1. The number of aromatic nitrogens is 3. The first-order valence-electron chi connectivity index (χ1n) is 7.03. The molecule has 134 valence electrons. The fraction of sp³-hybridized carbons (Fsp3) is 0.0625. The van der Waals surface area contributed by atoms with Crippen molar-refractivity contribution in [2.24, 2.45) is 0 Å². The highest BCUT2D eigenvalue weighted by molar-refractivity contribution is 7.99. The fourth-order valence-electron chi connectivity index (χ4n) is 2.06. The Labute approximate surface area is 172 Å². The molecule has 0 aliphatic rings. The van der Waals surface area contributed by atoms with Crippen LogP contribution >= 0.6 is 58.2 Å². The van der Waals surface area contributed by atoms with Gasteiger partial charge in [-0.2, -0.15) is 0 Å². The average molecular weight is 451 g/mol. The van der Waals surface area contributed by atoms with E-state index in [1.807, 2.05) is 0 Å². The number of ketones is 1. The maximum atomic E-state index is 13.6. The van der Waals surface area contributed by atoms with Gasteiger partial charge in [-0.3, -0.25) is 9.89 Å². The third-order valence-electron chi connectivity index (χ3n) is 3.29. The van der Waals surface area contributed by atoms with Gasteiger partial charge in [-0.1, -0.05) is 58.2 Å². The first-order valence-corrected chi connectivity index (χ1v) is 9.53. The van der Waals surface area contributed by atoms with Crippen molar-refractivity contribution in [3.8, 4) is 11.4 Å². The van der Waals surface area contributed by atoms with Gasteiger partial charge in [0.2, 0.25) is 5.16 Å². The number of nitrogens with zero attached hydrogens (tertiary/aromatic N) is 2. The third kappa shape index (κ3) is 4.32. The summed E-state index contributed by atoms with van der Waals surface area (Å²) in [6.45, 7) is 0. The van der Waals surface area contributed by atoms with E-state index in [-0.39, 0.29) is 32.4 Å². The molecule has 0 saturated carbocycles. The molecule has 0 radical (unpaired) electrons. The van der Waals surface area contributed by atoms with Crippen LogP contribution in [0.15, 0.2) is 35.5 Å². The van der Waals surface area contributed by atoms with Crippen LogP contribution in [-0.2, 0) is 0 Å². The quantitative estimate of drug-likeness (QED) is 0.285. The van der Waals surface area contributed by atoms with Crippen LogP contribution in [0.3, 0.4) is 0 Å². The van der Waals surface area contributed by atoms with E-state index in [2.05, 4.69) is 15.2 Å². The van der Waals surface area contributed by atoms with E-state index in [1.165, 1.54) is 12.1 Å². The van der Waals surface area contributed by atoms with Gasteiger partial charge in [0.25, 0.3) is 0 Å². The van der Waals surface area contributed by atoms with Crippen LogP contribution in [0.5, 0.6) is 0 Å². The molecule has 0 fully saturated rings. The molecule has 0 bridgehead atoms. The summed E-state index contributed by atoms with van der Waals surface area (Å²) in [5.74, 6) is -0.477. The molecule has 10 heteroatoms. The number of halogens is 5. The SMILES string of the molecule is O=C(CSc1n[nH]c(-c2cc(F)c(Cl)cc2Cl)n1)c1ccc(Cl)cc1Cl. The van der Waals surface area contributed by atoms with Gasteiger partial charge in [-0.25, -0.2) is 9.37 Å². The highest BCUT2D eigenvalue weighted by atomic mass is 35.5. The molecule has 1 heterocycles. The van der Waals surface area contributed by atoms with E-state index < -0.39 is 5.82 Å². The van der Waals surface area contributed by atoms with Crippen molar-refractivity contribution in [2.75, 3.05) is 5.75 Å². The molecule has 0 atom stereocenters. The smallest absolute Gasteiger partial charge is 0.209 e. The summed E-state index contributed by atoms with van der Waals surface area (Å²) in [5, 5.41) is 7.84. The number of carbonyl (C=O) groups is 1. The van der Waals surface area contributed by atoms with Gasteiger partial charge in [0.15, 0.2) is 11.6 Å². The Balaban J connectivity index is 1.73. The lowest BCUT2D eigenvalue weighted by Crippen LogP contribution is -2.03. The number of hydrogen-bond acceptors (Lipinski definition) is 4. The van der Waals surface area contributed by atoms with Crippen LogP contribution in [0.25, 0.3) is 11.4 Å². The summed E-state index contributed by atoms with van der Waals surface area (Å²) in [7, 11) is 0. The molecule has 3 rings (SSSR count). The molecule has 2 aromatic carbocycles. The minimum atomic E-state index is -0.621. The fourth-order valence-corrected chi connectivity index (χ4v) is 3.73. The van der Waals surface area contributed by atoms with Crippen molar-refractivity contribution in [1.82, 2.24) is 15.2 Å². The molecule has 0 spiro atoms. The molecule has 1 aromatic heterocycles. The number of benzene rings is 2. The number of rotatable bonds is 5. The molecular weight excluding hydrogens is 443 g/mol. The van der Waals surface area contributed by atoms with Crippen molar-refractivity contribution < 1.29 is 9.18 Å². The van der Waals surface area contributed by atoms with Gasteiger partial charge in [0.05, 0.1) is 20.8 Å². The van der Waals surface area contributed by atoms with Gasteiger partial charge in [-0.15, -0.1) is 5.10 Å². The molecule has 0 aliphatic heterocycles. The van der Waals surface area contributed by atoms with Crippen LogP contribution in [0, 0.1) is 5.82 Å². The summed E-state index contributed by atoms with van der Waals surface area (Å²) in [6.07, 6.45) is 0. The summed E-state index contributed by atoms with van der Waals surface area (Å²) >= 11 is 24.7. The molecule has 0 saturated heterocycles. The number of hydrogen-bond donors (Lipinski definition) is 1. The van der Waals surface area contributed by atoms with Crippen molar-refractivity contribution in [3.63, 3.8) is 0 Å². The van der Waals surface area contributed by atoms with E-state index in [9.17, 15) is 9.18 Å². The summed E-state index contributed by atoms with van der Waals surface area (Å²) in [4.78, 5) is 16.5. The largest absolute Gasteiger partial charge is 0.293 e. The van der Waals surface area contributed by atoms with Crippen molar-refractivity contribution >= 4 is 63.9 Å². The number of nitrogens with one attached hydrogen (secondary N) is 1. The van der Waals surface area contributed by atoms with Crippen LogP contribution in [-0.4, -0.2) is 26.7 Å². The topological polar surface area (TPSA) is 58.6 Å². The maximum Gasteiger partial charge on any atom is 0.209 e. The Morgan fingerprint density at radius 2 is 1.85 bits per heavy atom. The standard InChI is InChI=1S/C16H8Cl4FN3OS/c17-7-1-2-8(10(18)3-7)14(25)6-26-16-22-15(23-24-16)9-4-13(21)12(20)5-11(9)19/h1-5H,6H2,(H,22,23,24). The highest BCUT2D eigenvalue weighted by Gasteiger charge is 2.16. The lowest BCUT2D eigenvalue weighted by Gasteiger charge is -2.03. The lowest BCUT2D eigenvalue weighted by molar-refractivity contribution is 0.102. The van der Waals surface area contributed by atoms with Crippen LogP contribution in [0.4, 0.5) is 4.39 Å². The molecular formula is C16H8Cl4FN3OS. The normalized spacial score (nSPS) is 11.0. The Kier molecular flexibility index (Phi) is 6.10. The molecule has 1 N–H and O–H groups in total. The molecule has 26 heavy (non-hydrogen) atoms. The predicted molar refractivity (Wildman–Crippen MR) is 103 cm³/mol. The first-order chi connectivity index (χ1) is 12.3. The van der Waals surface area contributed by atoms with Crippen LogP contribution < -0.4 is 0 Å². The van der Waals surface area contributed by atoms with Crippen LogP contribution in [0.2, 0.25) is 20.1 Å². The van der Waals surface area contributed by atoms with Crippen LogP contribution in [0.1, 0.15) is 10.4 Å². The number of thioether (sulfide) groups is 1. The number of Topliss-reactive ketones (excluding diaryl/α,β-unsaturated/α-hetero) is 1. The Morgan fingerprint density at radius 1 is 1.08 bits per heavy atom. The van der Waals surface area contributed by atoms with Crippen molar-refractivity contribution in [2.45, 2.75) is 5.16 Å². The van der Waals surface area contributed by atoms with E-state index in [0.717, 1.165) is 17.8 Å². The number of aromatic amines is 1. The Hall–Kier alpha value is -1.31. The van der Waals surface area contributed by atoms with Gasteiger partial charge in [-0.05, 0) is 30.3 Å². The molecule has 0 unspecified atom stereocenters. The highest BCUT2D eigenvalue weighted by Crippen LogP contribution is 2.31. The van der Waals surface area contributed by atoms with E-state index in [1.54, 1.807) is 12.1 Å². The van der Waals surface area contributed by atoms with E-state index in [0.29, 0.717) is 21.3 Å². The summed E-state index contributed by atoms with van der Waals surface area (Å²) < 4.78 is 13.6. The monoisotopic (exact) mass is 449 g/mol. The zero-order chi connectivity index (χ0) is 18.8. The summed E-state index contributed by atoms with van der Waals surface area (Å²) in [6, 6.07) is 7.11. The zero-order valence-electron chi connectivity index (χ0n) is 12.7. The average Bonchev–Trinajstić information content (AvgIpc) is 3.04. The van der Waals surface area contributed by atoms with Gasteiger partial charge in [0, 0.05) is 16.1 Å². The zero-order valence-corrected chi connectivity index (χ0v) is 16.5. The van der Waals surface area contributed by atoms with Gasteiger partial charge in [0.1, 0.15) is 5.82 Å². The van der Waals surface area contributed by atoms with E-state index >= 15 is 0 Å². The first kappa shape index (κ1) is 19.5. The Bertz CT molecular complexity index is 996. The van der Waals surface area contributed by atoms with Crippen molar-refractivity contribution in [1.29, 1.82) is 0 Å². The minimum absolute atomic E-state index is 0.0708. The van der Waals surface area contributed by atoms with E-state index in [4.69, 9.17) is 46.4 Å².